The van der Waals surface area contributed by atoms with Gasteiger partial charge in [-0.05, 0) is 31.1 Å². The zero-order valence-corrected chi connectivity index (χ0v) is 13.1. The minimum atomic E-state index is -3.04. The molecule has 0 aromatic carbocycles. The Morgan fingerprint density at radius 3 is 2.21 bits per heavy atom. The van der Waals surface area contributed by atoms with Gasteiger partial charge in [0.15, 0.2) is 0 Å². The van der Waals surface area contributed by atoms with Crippen LogP contribution in [0.5, 0.6) is 0 Å². The van der Waals surface area contributed by atoms with Gasteiger partial charge < -0.3 is 10.2 Å². The Bertz CT molecular complexity index is 362. The molecule has 0 aliphatic heterocycles. The van der Waals surface area contributed by atoms with Gasteiger partial charge in [0.25, 0.3) is 0 Å². The van der Waals surface area contributed by atoms with Crippen molar-refractivity contribution in [3.63, 3.8) is 0 Å². The van der Waals surface area contributed by atoms with E-state index in [4.69, 9.17) is 0 Å². The van der Waals surface area contributed by atoms with Crippen molar-refractivity contribution in [2.75, 3.05) is 6.26 Å². The summed E-state index contributed by atoms with van der Waals surface area (Å²) in [7, 11) is -3.04. The highest BCUT2D eigenvalue weighted by Crippen LogP contribution is 2.33. The first-order valence-corrected chi connectivity index (χ1v) is 9.31. The molecule has 1 aliphatic carbocycles. The molecule has 19 heavy (non-hydrogen) atoms. The fraction of sp³-hybridized carbons (Fsp3) is 1.00. The highest BCUT2D eigenvalue weighted by molar-refractivity contribution is 7.91. The lowest BCUT2D eigenvalue weighted by atomic mass is 9.79. The van der Waals surface area contributed by atoms with Crippen LogP contribution in [0, 0.1) is 11.8 Å². The molecule has 4 unspecified atom stereocenters. The van der Waals surface area contributed by atoms with E-state index in [1.165, 1.54) is 6.26 Å². The van der Waals surface area contributed by atoms with E-state index in [9.17, 15) is 18.6 Å². The number of aliphatic hydroxyl groups excluding tert-OH is 2. The molecule has 4 nitrogen and oxygen atoms in total. The van der Waals surface area contributed by atoms with E-state index in [0.29, 0.717) is 12.8 Å². The number of sulfone groups is 1. The fourth-order valence-electron chi connectivity index (χ4n) is 3.21. The van der Waals surface area contributed by atoms with Gasteiger partial charge in [0, 0.05) is 6.26 Å². The first-order valence-electron chi connectivity index (χ1n) is 7.36. The van der Waals surface area contributed by atoms with Crippen molar-refractivity contribution >= 4 is 9.84 Å². The zero-order valence-electron chi connectivity index (χ0n) is 12.2. The molecule has 0 bridgehead atoms. The second-order valence-corrected chi connectivity index (χ2v) is 8.26. The van der Waals surface area contributed by atoms with Gasteiger partial charge in [0.2, 0.25) is 0 Å². The molecule has 1 aliphatic rings. The van der Waals surface area contributed by atoms with Crippen LogP contribution in [-0.4, -0.2) is 42.3 Å². The standard InChI is InChI=1S/C14H28O4S/c1-4-10(5-2)13(15)14(16)11-7-6-8-12(9-11)19(3,17)18/h10-16H,4-9H2,1-3H3. The molecule has 0 saturated heterocycles. The summed E-state index contributed by atoms with van der Waals surface area (Å²) in [6.45, 7) is 4.01. The summed E-state index contributed by atoms with van der Waals surface area (Å²) in [5.41, 5.74) is 0. The van der Waals surface area contributed by atoms with Crippen LogP contribution in [0.4, 0.5) is 0 Å². The molecule has 0 amide bonds. The minimum absolute atomic E-state index is 0.0913. The normalized spacial score (nSPS) is 28.3. The van der Waals surface area contributed by atoms with Crippen molar-refractivity contribution in [3.05, 3.63) is 0 Å². The number of aliphatic hydroxyl groups is 2. The van der Waals surface area contributed by atoms with Gasteiger partial charge in [-0.2, -0.15) is 0 Å². The van der Waals surface area contributed by atoms with Crippen LogP contribution >= 0.6 is 0 Å². The van der Waals surface area contributed by atoms with Crippen molar-refractivity contribution < 1.29 is 18.6 Å². The van der Waals surface area contributed by atoms with Crippen LogP contribution < -0.4 is 0 Å². The van der Waals surface area contributed by atoms with E-state index in [1.54, 1.807) is 0 Å². The van der Waals surface area contributed by atoms with Crippen LogP contribution in [-0.2, 0) is 9.84 Å². The highest BCUT2D eigenvalue weighted by atomic mass is 32.2. The summed E-state index contributed by atoms with van der Waals surface area (Å²) in [5, 5.41) is 20.2. The second-order valence-electron chi connectivity index (χ2n) is 5.94. The molecule has 0 heterocycles. The van der Waals surface area contributed by atoms with Gasteiger partial charge in [-0.1, -0.05) is 33.1 Å². The topological polar surface area (TPSA) is 74.6 Å². The van der Waals surface area contributed by atoms with E-state index in [-0.39, 0.29) is 17.1 Å². The summed E-state index contributed by atoms with van der Waals surface area (Å²) in [6, 6.07) is 0. The van der Waals surface area contributed by atoms with Crippen LogP contribution in [0.3, 0.4) is 0 Å². The Hall–Kier alpha value is -0.130. The van der Waals surface area contributed by atoms with Gasteiger partial charge in [0.1, 0.15) is 9.84 Å². The summed E-state index contributed by atoms with van der Waals surface area (Å²) in [6.07, 6.45) is 4.19. The first kappa shape index (κ1) is 16.9. The number of rotatable bonds is 6. The Balaban J connectivity index is 2.69. The van der Waals surface area contributed by atoms with Crippen molar-refractivity contribution in [1.29, 1.82) is 0 Å². The maximum absolute atomic E-state index is 11.6. The van der Waals surface area contributed by atoms with Gasteiger partial charge in [-0.25, -0.2) is 8.42 Å². The van der Waals surface area contributed by atoms with Crippen LogP contribution in [0.25, 0.3) is 0 Å². The molecule has 1 fully saturated rings. The van der Waals surface area contributed by atoms with E-state index in [2.05, 4.69) is 0 Å². The summed E-state index contributed by atoms with van der Waals surface area (Å²) in [4.78, 5) is 0. The van der Waals surface area contributed by atoms with Crippen LogP contribution in [0.15, 0.2) is 0 Å². The zero-order chi connectivity index (χ0) is 14.6. The second kappa shape index (κ2) is 7.04. The lowest BCUT2D eigenvalue weighted by Crippen LogP contribution is -2.42. The van der Waals surface area contributed by atoms with Crippen LogP contribution in [0.1, 0.15) is 52.4 Å². The maximum Gasteiger partial charge on any atom is 0.150 e. The number of hydrogen-bond donors (Lipinski definition) is 2. The molecule has 0 aromatic heterocycles. The summed E-state index contributed by atoms with van der Waals surface area (Å²) < 4.78 is 23.3. The average Bonchev–Trinajstić information content (AvgIpc) is 2.38. The van der Waals surface area contributed by atoms with E-state index in [0.717, 1.165) is 25.7 Å². The molecule has 1 saturated carbocycles. The monoisotopic (exact) mass is 292 g/mol. The third-order valence-electron chi connectivity index (χ3n) is 4.64. The molecule has 0 aromatic rings. The summed E-state index contributed by atoms with van der Waals surface area (Å²) in [5.74, 6) is -0.00214. The average molecular weight is 292 g/mol. The SMILES string of the molecule is CCC(CC)C(O)C(O)C1CCCC(S(C)(=O)=O)C1. The predicted molar refractivity (Wildman–Crippen MR) is 76.7 cm³/mol. The third kappa shape index (κ3) is 4.43. The third-order valence-corrected chi connectivity index (χ3v) is 6.28. The van der Waals surface area contributed by atoms with Gasteiger partial charge >= 0.3 is 0 Å². The van der Waals surface area contributed by atoms with Gasteiger partial charge in [-0.15, -0.1) is 0 Å². The maximum atomic E-state index is 11.6. The predicted octanol–water partition coefficient (Wildman–Crippen LogP) is 1.75. The van der Waals surface area contributed by atoms with Crippen molar-refractivity contribution in [1.82, 2.24) is 0 Å². The molecule has 114 valence electrons. The quantitative estimate of drug-likeness (QED) is 0.782. The molecule has 0 spiro atoms. The number of hydrogen-bond acceptors (Lipinski definition) is 4. The van der Waals surface area contributed by atoms with Crippen molar-refractivity contribution in [2.45, 2.75) is 69.8 Å². The van der Waals surface area contributed by atoms with Crippen LogP contribution in [0.2, 0.25) is 0 Å². The van der Waals surface area contributed by atoms with Crippen molar-refractivity contribution in [2.24, 2.45) is 11.8 Å². The van der Waals surface area contributed by atoms with Crippen molar-refractivity contribution in [3.8, 4) is 0 Å². The lowest BCUT2D eigenvalue weighted by Gasteiger charge is -2.35. The minimum Gasteiger partial charge on any atom is -0.390 e. The van der Waals surface area contributed by atoms with Gasteiger partial charge in [-0.3, -0.25) is 0 Å². The van der Waals surface area contributed by atoms with E-state index < -0.39 is 22.0 Å². The molecule has 1 rings (SSSR count). The van der Waals surface area contributed by atoms with Gasteiger partial charge in [0.05, 0.1) is 17.5 Å². The smallest absolute Gasteiger partial charge is 0.150 e. The largest absolute Gasteiger partial charge is 0.390 e. The van der Waals surface area contributed by atoms with E-state index in [1.807, 2.05) is 13.8 Å². The fourth-order valence-corrected chi connectivity index (χ4v) is 4.40. The Kier molecular flexibility index (Phi) is 6.27. The molecular formula is C14H28O4S. The molecule has 5 heteroatoms. The summed E-state index contributed by atoms with van der Waals surface area (Å²) >= 11 is 0. The molecular weight excluding hydrogens is 264 g/mol. The highest BCUT2D eigenvalue weighted by Gasteiger charge is 2.36. The Labute approximate surface area is 117 Å². The Morgan fingerprint density at radius 1 is 1.16 bits per heavy atom. The first-order chi connectivity index (χ1) is 8.81. The molecule has 4 atom stereocenters. The lowest BCUT2D eigenvalue weighted by molar-refractivity contribution is -0.0565. The Morgan fingerprint density at radius 2 is 1.74 bits per heavy atom. The molecule has 2 N–H and O–H groups in total. The molecule has 0 radical (unpaired) electrons. The van der Waals surface area contributed by atoms with E-state index >= 15 is 0 Å².